The van der Waals surface area contributed by atoms with Gasteiger partial charge in [0.05, 0.1) is 5.69 Å². The number of hydrogen-bond acceptors (Lipinski definition) is 4. The van der Waals surface area contributed by atoms with Crippen LogP contribution in [-0.2, 0) is 14.4 Å². The fraction of sp³-hybridized carbons (Fsp3) is 0.105. The fourth-order valence-electron chi connectivity index (χ4n) is 2.43. The van der Waals surface area contributed by atoms with Crippen LogP contribution >= 0.6 is 0 Å². The van der Waals surface area contributed by atoms with Gasteiger partial charge in [-0.05, 0) is 42.8 Å². The van der Waals surface area contributed by atoms with Gasteiger partial charge in [-0.15, -0.1) is 0 Å². The van der Waals surface area contributed by atoms with Gasteiger partial charge in [0.1, 0.15) is 11.3 Å². The second kappa shape index (κ2) is 6.60. The minimum absolute atomic E-state index is 0.0144. The van der Waals surface area contributed by atoms with Crippen molar-refractivity contribution in [2.75, 3.05) is 5.01 Å². The van der Waals surface area contributed by atoms with E-state index in [1.54, 1.807) is 36.4 Å². The number of carbonyl (C=O) groups is 3. The molecular formula is C19H16N2O4. The third kappa shape index (κ3) is 3.58. The number of amides is 2. The van der Waals surface area contributed by atoms with Crippen LogP contribution in [0.4, 0.5) is 5.69 Å². The lowest BCUT2D eigenvalue weighted by Crippen LogP contribution is -2.35. The average molecular weight is 336 g/mol. The molecule has 1 N–H and O–H groups in total. The summed E-state index contributed by atoms with van der Waals surface area (Å²) in [5, 5.41) is 1.21. The van der Waals surface area contributed by atoms with E-state index < -0.39 is 17.8 Å². The summed E-state index contributed by atoms with van der Waals surface area (Å²) in [7, 11) is 0. The minimum atomic E-state index is -0.483. The van der Waals surface area contributed by atoms with Crippen LogP contribution in [0.15, 0.2) is 54.1 Å². The number of benzene rings is 2. The van der Waals surface area contributed by atoms with Crippen molar-refractivity contribution in [2.45, 2.75) is 13.8 Å². The molecule has 3 rings (SSSR count). The molecular weight excluding hydrogens is 320 g/mol. The summed E-state index contributed by atoms with van der Waals surface area (Å²) in [6.07, 6.45) is 1.47. The highest BCUT2D eigenvalue weighted by Gasteiger charge is 2.34. The van der Waals surface area contributed by atoms with Crippen LogP contribution in [0.3, 0.4) is 0 Å². The molecule has 0 spiro atoms. The molecule has 0 bridgehead atoms. The third-order valence-electron chi connectivity index (χ3n) is 3.61. The van der Waals surface area contributed by atoms with Crippen LogP contribution in [0.2, 0.25) is 0 Å². The average Bonchev–Trinajstić information content (AvgIpc) is 2.83. The maximum Gasteiger partial charge on any atom is 0.308 e. The number of nitrogens with zero attached hydrogens (tertiary/aromatic N) is 1. The highest BCUT2D eigenvalue weighted by Crippen LogP contribution is 2.23. The molecule has 0 saturated carbocycles. The van der Waals surface area contributed by atoms with Crippen molar-refractivity contribution in [2.24, 2.45) is 0 Å². The van der Waals surface area contributed by atoms with E-state index in [9.17, 15) is 14.4 Å². The van der Waals surface area contributed by atoms with Crippen LogP contribution in [0, 0.1) is 6.92 Å². The number of anilines is 1. The summed E-state index contributed by atoms with van der Waals surface area (Å²) >= 11 is 0. The molecule has 0 atom stereocenters. The lowest BCUT2D eigenvalue weighted by atomic mass is 10.1. The second-order valence-corrected chi connectivity index (χ2v) is 5.64. The van der Waals surface area contributed by atoms with E-state index in [0.717, 1.165) is 5.56 Å². The SMILES string of the molecule is CC(=O)Oc1cccc(C=C2C(=O)NN(c3ccc(C)cc3)C2=O)c1. The summed E-state index contributed by atoms with van der Waals surface area (Å²) in [6, 6.07) is 13.9. The number of carbonyl (C=O) groups excluding carboxylic acids is 3. The highest BCUT2D eigenvalue weighted by molar-refractivity contribution is 6.31. The first-order valence-corrected chi connectivity index (χ1v) is 7.66. The Kier molecular flexibility index (Phi) is 4.35. The van der Waals surface area contributed by atoms with Gasteiger partial charge in [0, 0.05) is 6.92 Å². The van der Waals surface area contributed by atoms with Crippen LogP contribution in [-0.4, -0.2) is 17.8 Å². The number of hydrazine groups is 1. The molecule has 0 radical (unpaired) electrons. The maximum atomic E-state index is 12.6. The predicted octanol–water partition coefficient (Wildman–Crippen LogP) is 2.38. The van der Waals surface area contributed by atoms with Crippen LogP contribution in [0.5, 0.6) is 5.75 Å². The summed E-state index contributed by atoms with van der Waals surface area (Å²) in [6.45, 7) is 3.24. The van der Waals surface area contributed by atoms with Crippen molar-refractivity contribution < 1.29 is 19.1 Å². The quantitative estimate of drug-likeness (QED) is 0.404. The van der Waals surface area contributed by atoms with Crippen LogP contribution in [0.1, 0.15) is 18.1 Å². The molecule has 1 fully saturated rings. The van der Waals surface area contributed by atoms with Gasteiger partial charge in [-0.1, -0.05) is 29.8 Å². The molecule has 2 amide bonds. The molecule has 126 valence electrons. The summed E-state index contributed by atoms with van der Waals surface area (Å²) < 4.78 is 5.01. The van der Waals surface area contributed by atoms with Crippen molar-refractivity contribution in [3.8, 4) is 5.75 Å². The van der Waals surface area contributed by atoms with E-state index in [0.29, 0.717) is 17.0 Å². The Morgan fingerprint density at radius 1 is 1.12 bits per heavy atom. The van der Waals surface area contributed by atoms with E-state index >= 15 is 0 Å². The number of hydrogen-bond donors (Lipinski definition) is 1. The molecule has 1 heterocycles. The van der Waals surface area contributed by atoms with Crippen LogP contribution in [0.25, 0.3) is 6.08 Å². The second-order valence-electron chi connectivity index (χ2n) is 5.64. The lowest BCUT2D eigenvalue weighted by Gasteiger charge is -2.14. The molecule has 1 aliphatic rings. The normalized spacial score (nSPS) is 15.4. The van der Waals surface area contributed by atoms with Crippen molar-refractivity contribution in [3.05, 3.63) is 65.2 Å². The van der Waals surface area contributed by atoms with Gasteiger partial charge in [0.25, 0.3) is 11.8 Å². The van der Waals surface area contributed by atoms with E-state index in [1.165, 1.54) is 18.0 Å². The van der Waals surface area contributed by atoms with Gasteiger partial charge in [0.15, 0.2) is 0 Å². The largest absolute Gasteiger partial charge is 0.427 e. The molecule has 0 unspecified atom stereocenters. The van der Waals surface area contributed by atoms with E-state index in [-0.39, 0.29) is 5.57 Å². The van der Waals surface area contributed by atoms with Gasteiger partial charge in [-0.2, -0.15) is 0 Å². The number of nitrogens with one attached hydrogen (secondary N) is 1. The zero-order valence-electron chi connectivity index (χ0n) is 13.8. The minimum Gasteiger partial charge on any atom is -0.427 e. The van der Waals surface area contributed by atoms with Crippen molar-refractivity contribution in [3.63, 3.8) is 0 Å². The van der Waals surface area contributed by atoms with Crippen molar-refractivity contribution in [1.82, 2.24) is 5.43 Å². The molecule has 1 saturated heterocycles. The first kappa shape index (κ1) is 16.4. The first-order chi connectivity index (χ1) is 11.9. The highest BCUT2D eigenvalue weighted by atomic mass is 16.5. The Morgan fingerprint density at radius 3 is 2.52 bits per heavy atom. The Bertz CT molecular complexity index is 885. The van der Waals surface area contributed by atoms with Gasteiger partial charge >= 0.3 is 5.97 Å². The number of aryl methyl sites for hydroxylation is 1. The molecule has 1 aliphatic heterocycles. The predicted molar refractivity (Wildman–Crippen MR) is 92.5 cm³/mol. The molecule has 2 aromatic carbocycles. The van der Waals surface area contributed by atoms with Gasteiger partial charge in [-0.3, -0.25) is 19.8 Å². The molecule has 2 aromatic rings. The first-order valence-electron chi connectivity index (χ1n) is 7.66. The monoisotopic (exact) mass is 336 g/mol. The molecule has 6 heteroatoms. The van der Waals surface area contributed by atoms with Gasteiger partial charge in [0.2, 0.25) is 0 Å². The zero-order chi connectivity index (χ0) is 18.0. The standard InChI is InChI=1S/C19H16N2O4/c1-12-6-8-15(9-7-12)21-19(24)17(18(23)20-21)11-14-4-3-5-16(10-14)25-13(2)22/h3-11H,1-2H3,(H,20,23). The molecule has 0 aliphatic carbocycles. The summed E-state index contributed by atoms with van der Waals surface area (Å²) in [4.78, 5) is 35.8. The number of esters is 1. The summed E-state index contributed by atoms with van der Waals surface area (Å²) in [5.41, 5.74) is 4.79. The van der Waals surface area contributed by atoms with Crippen LogP contribution < -0.4 is 15.2 Å². The third-order valence-corrected chi connectivity index (χ3v) is 3.61. The molecule has 25 heavy (non-hydrogen) atoms. The number of rotatable bonds is 3. The van der Waals surface area contributed by atoms with E-state index in [1.807, 2.05) is 19.1 Å². The zero-order valence-corrected chi connectivity index (χ0v) is 13.8. The van der Waals surface area contributed by atoms with Crippen molar-refractivity contribution >= 4 is 29.5 Å². The van der Waals surface area contributed by atoms with E-state index in [4.69, 9.17) is 4.74 Å². The van der Waals surface area contributed by atoms with Crippen molar-refractivity contribution in [1.29, 1.82) is 0 Å². The summed E-state index contributed by atoms with van der Waals surface area (Å²) in [5.74, 6) is -1.01. The Labute approximate surface area is 144 Å². The maximum absolute atomic E-state index is 12.6. The number of ether oxygens (including phenoxy) is 1. The topological polar surface area (TPSA) is 75.7 Å². The molecule has 0 aromatic heterocycles. The van der Waals surface area contributed by atoms with Gasteiger partial charge in [-0.25, -0.2) is 5.01 Å². The Balaban J connectivity index is 1.88. The smallest absolute Gasteiger partial charge is 0.308 e. The van der Waals surface area contributed by atoms with E-state index in [2.05, 4.69) is 5.43 Å². The fourth-order valence-corrected chi connectivity index (χ4v) is 2.43. The Hall–Kier alpha value is -3.41. The van der Waals surface area contributed by atoms with Gasteiger partial charge < -0.3 is 4.74 Å². The Morgan fingerprint density at radius 2 is 1.84 bits per heavy atom. The lowest BCUT2D eigenvalue weighted by molar-refractivity contribution is -0.132. The molecule has 6 nitrogen and oxygen atoms in total.